The molecular formula is C10H9NOS. The summed E-state index contributed by atoms with van der Waals surface area (Å²) < 4.78 is 0. The number of aliphatic imine (C=N–C) groups is 1. The highest BCUT2D eigenvalue weighted by atomic mass is 32.1. The fourth-order valence-electron chi connectivity index (χ4n) is 0.968. The van der Waals surface area contributed by atoms with E-state index >= 15 is 0 Å². The number of isothiocyanates is 1. The van der Waals surface area contributed by atoms with Gasteiger partial charge in [0, 0.05) is 5.56 Å². The number of rotatable bonds is 3. The van der Waals surface area contributed by atoms with Crippen molar-refractivity contribution in [2.24, 2.45) is 4.99 Å². The summed E-state index contributed by atoms with van der Waals surface area (Å²) in [6.07, 6.45) is 0. The van der Waals surface area contributed by atoms with Gasteiger partial charge in [-0.3, -0.25) is 4.79 Å². The van der Waals surface area contributed by atoms with Crippen LogP contribution in [0.15, 0.2) is 29.3 Å². The van der Waals surface area contributed by atoms with Crippen LogP contribution in [0.4, 0.5) is 0 Å². The summed E-state index contributed by atoms with van der Waals surface area (Å²) in [6.45, 7) is 2.08. The molecule has 0 atom stereocenters. The number of hydrogen-bond donors (Lipinski definition) is 0. The Labute approximate surface area is 82.3 Å². The third-order valence-corrected chi connectivity index (χ3v) is 1.82. The van der Waals surface area contributed by atoms with Crippen molar-refractivity contribution in [1.82, 2.24) is 0 Å². The van der Waals surface area contributed by atoms with Crippen molar-refractivity contribution in [2.45, 2.75) is 13.5 Å². The average Bonchev–Trinajstić information content (AvgIpc) is 2.15. The second-order valence-corrected chi connectivity index (χ2v) is 2.84. The quantitative estimate of drug-likeness (QED) is 0.417. The molecule has 0 fully saturated rings. The molecule has 66 valence electrons. The Morgan fingerprint density at radius 2 is 2.08 bits per heavy atom. The molecular weight excluding hydrogens is 182 g/mol. The molecule has 0 aromatic heterocycles. The molecule has 0 radical (unpaired) electrons. The van der Waals surface area contributed by atoms with Gasteiger partial charge >= 0.3 is 0 Å². The zero-order valence-corrected chi connectivity index (χ0v) is 8.10. The van der Waals surface area contributed by atoms with Gasteiger partial charge < -0.3 is 0 Å². The van der Waals surface area contributed by atoms with Crippen LogP contribution in [-0.2, 0) is 6.54 Å². The minimum atomic E-state index is 0.0740. The smallest absolute Gasteiger partial charge is 0.159 e. The van der Waals surface area contributed by atoms with Gasteiger partial charge in [0.05, 0.1) is 11.7 Å². The molecule has 0 spiro atoms. The highest BCUT2D eigenvalue weighted by molar-refractivity contribution is 7.78. The Bertz CT molecular complexity index is 350. The van der Waals surface area contributed by atoms with E-state index in [9.17, 15) is 4.79 Å². The summed E-state index contributed by atoms with van der Waals surface area (Å²) in [4.78, 5) is 14.7. The molecule has 0 unspecified atom stereocenters. The monoisotopic (exact) mass is 191 g/mol. The molecule has 0 amide bonds. The molecule has 0 saturated carbocycles. The molecule has 0 N–H and O–H groups in total. The van der Waals surface area contributed by atoms with Gasteiger partial charge in [0.25, 0.3) is 0 Å². The van der Waals surface area contributed by atoms with E-state index in [1.54, 1.807) is 19.1 Å². The van der Waals surface area contributed by atoms with Crippen LogP contribution in [-0.4, -0.2) is 10.9 Å². The Hall–Kier alpha value is -1.31. The number of carbonyl (C=O) groups excluding carboxylic acids is 1. The Morgan fingerprint density at radius 1 is 1.46 bits per heavy atom. The van der Waals surface area contributed by atoms with E-state index in [0.29, 0.717) is 6.54 Å². The summed E-state index contributed by atoms with van der Waals surface area (Å²) in [5.74, 6) is 0.0740. The largest absolute Gasteiger partial charge is 0.295 e. The summed E-state index contributed by atoms with van der Waals surface area (Å²) >= 11 is 4.45. The van der Waals surface area contributed by atoms with Gasteiger partial charge in [0.1, 0.15) is 0 Å². The van der Waals surface area contributed by atoms with E-state index in [-0.39, 0.29) is 5.78 Å². The molecule has 3 heteroatoms. The minimum Gasteiger partial charge on any atom is -0.295 e. The fourth-order valence-corrected chi connectivity index (χ4v) is 1.03. The summed E-state index contributed by atoms with van der Waals surface area (Å²) in [5, 5.41) is 2.29. The zero-order valence-electron chi connectivity index (χ0n) is 7.28. The Balaban J connectivity index is 2.80. The molecule has 1 rings (SSSR count). The van der Waals surface area contributed by atoms with Crippen LogP contribution in [0.25, 0.3) is 0 Å². The van der Waals surface area contributed by atoms with E-state index in [4.69, 9.17) is 0 Å². The van der Waals surface area contributed by atoms with Gasteiger partial charge in [-0.15, -0.1) is 0 Å². The van der Waals surface area contributed by atoms with Crippen LogP contribution in [0.1, 0.15) is 22.8 Å². The molecule has 0 aliphatic heterocycles. The number of benzene rings is 1. The van der Waals surface area contributed by atoms with E-state index < -0.39 is 0 Å². The first-order valence-electron chi connectivity index (χ1n) is 3.87. The maximum Gasteiger partial charge on any atom is 0.159 e. The number of Topliss-reactive ketones (excluding diaryl/α,β-unsaturated/α-hetero) is 1. The molecule has 1 aromatic rings. The lowest BCUT2D eigenvalue weighted by molar-refractivity contribution is 0.101. The maximum atomic E-state index is 10.9. The molecule has 13 heavy (non-hydrogen) atoms. The first kappa shape index (κ1) is 9.78. The van der Waals surface area contributed by atoms with Crippen molar-refractivity contribution in [3.05, 3.63) is 35.4 Å². The van der Waals surface area contributed by atoms with Gasteiger partial charge in [0.2, 0.25) is 0 Å². The normalized spacial score (nSPS) is 9.00. The fraction of sp³-hybridized carbons (Fsp3) is 0.200. The van der Waals surface area contributed by atoms with E-state index in [1.165, 1.54) is 0 Å². The van der Waals surface area contributed by atoms with Crippen molar-refractivity contribution in [3.8, 4) is 0 Å². The van der Waals surface area contributed by atoms with Crippen LogP contribution in [0, 0.1) is 0 Å². The van der Waals surface area contributed by atoms with Crippen LogP contribution >= 0.6 is 12.2 Å². The van der Waals surface area contributed by atoms with Crippen molar-refractivity contribution in [2.75, 3.05) is 0 Å². The zero-order chi connectivity index (χ0) is 9.68. The van der Waals surface area contributed by atoms with Crippen molar-refractivity contribution < 1.29 is 4.79 Å². The van der Waals surface area contributed by atoms with Crippen molar-refractivity contribution >= 4 is 23.2 Å². The van der Waals surface area contributed by atoms with E-state index in [0.717, 1.165) is 11.1 Å². The lowest BCUT2D eigenvalue weighted by atomic mass is 10.1. The predicted octanol–water partition coefficient (Wildman–Crippen LogP) is 2.49. The summed E-state index contributed by atoms with van der Waals surface area (Å²) in [6, 6.07) is 7.31. The highest BCUT2D eigenvalue weighted by Gasteiger charge is 1.97. The van der Waals surface area contributed by atoms with Gasteiger partial charge in [0.15, 0.2) is 5.78 Å². The standard InChI is InChI=1S/C10H9NOS/c1-8(12)10-4-2-9(3-5-10)6-11-7-13/h2-5H,6H2,1H3. The Kier molecular flexibility index (Phi) is 3.50. The highest BCUT2D eigenvalue weighted by Crippen LogP contribution is 2.05. The molecule has 2 nitrogen and oxygen atoms in total. The van der Waals surface area contributed by atoms with E-state index in [2.05, 4.69) is 22.4 Å². The number of carbonyl (C=O) groups is 1. The van der Waals surface area contributed by atoms with Crippen molar-refractivity contribution in [3.63, 3.8) is 0 Å². The first-order valence-corrected chi connectivity index (χ1v) is 4.28. The topological polar surface area (TPSA) is 29.4 Å². The molecule has 0 heterocycles. The van der Waals surface area contributed by atoms with Crippen LogP contribution in [0.2, 0.25) is 0 Å². The Morgan fingerprint density at radius 3 is 2.54 bits per heavy atom. The van der Waals surface area contributed by atoms with Crippen LogP contribution in [0.5, 0.6) is 0 Å². The lowest BCUT2D eigenvalue weighted by Gasteiger charge is -1.97. The summed E-state index contributed by atoms with van der Waals surface area (Å²) in [5.41, 5.74) is 1.75. The second-order valence-electron chi connectivity index (χ2n) is 2.66. The molecule has 0 aliphatic rings. The maximum absolute atomic E-state index is 10.9. The minimum absolute atomic E-state index is 0.0740. The molecule has 0 bridgehead atoms. The van der Waals surface area contributed by atoms with Crippen LogP contribution in [0.3, 0.4) is 0 Å². The number of hydrogen-bond acceptors (Lipinski definition) is 3. The predicted molar refractivity (Wildman–Crippen MR) is 55.2 cm³/mol. The van der Waals surface area contributed by atoms with Gasteiger partial charge in [-0.25, -0.2) is 4.99 Å². The first-order chi connectivity index (χ1) is 6.24. The molecule has 0 aliphatic carbocycles. The second kappa shape index (κ2) is 4.65. The number of nitrogens with zero attached hydrogens (tertiary/aromatic N) is 1. The van der Waals surface area contributed by atoms with Gasteiger partial charge in [-0.05, 0) is 24.7 Å². The van der Waals surface area contributed by atoms with E-state index in [1.807, 2.05) is 12.1 Å². The summed E-state index contributed by atoms with van der Waals surface area (Å²) in [7, 11) is 0. The molecule has 0 saturated heterocycles. The van der Waals surface area contributed by atoms with Crippen LogP contribution < -0.4 is 0 Å². The lowest BCUT2D eigenvalue weighted by Crippen LogP contribution is -1.91. The van der Waals surface area contributed by atoms with Gasteiger partial charge in [-0.1, -0.05) is 24.3 Å². The third kappa shape index (κ3) is 2.90. The third-order valence-electron chi connectivity index (χ3n) is 1.69. The SMILES string of the molecule is CC(=O)c1ccc(CN=C=S)cc1. The average molecular weight is 191 g/mol. The van der Waals surface area contributed by atoms with Crippen molar-refractivity contribution in [1.29, 1.82) is 0 Å². The molecule has 1 aromatic carbocycles. The number of ketones is 1. The van der Waals surface area contributed by atoms with Gasteiger partial charge in [-0.2, -0.15) is 0 Å². The number of thiocarbonyl (C=S) groups is 1.